The molecule has 0 unspecified atom stereocenters. The summed E-state index contributed by atoms with van der Waals surface area (Å²) in [6.45, 7) is -0.305. The Kier molecular flexibility index (Phi) is 7.40. The highest BCUT2D eigenvalue weighted by molar-refractivity contribution is 8.26. The number of hydrogen-bond donors (Lipinski definition) is 2. The van der Waals surface area contributed by atoms with Crippen LogP contribution in [0.25, 0.3) is 6.08 Å². The van der Waals surface area contributed by atoms with E-state index in [1.807, 2.05) is 36.4 Å². The number of carbonyl (C=O) groups excluding carboxylic acids is 3. The van der Waals surface area contributed by atoms with Crippen LogP contribution in [0.3, 0.4) is 0 Å². The number of thioether (sulfide) groups is 1. The average molecular weight is 458 g/mol. The number of hydrazine groups is 1. The van der Waals surface area contributed by atoms with Crippen molar-refractivity contribution in [1.29, 1.82) is 0 Å². The molecule has 0 radical (unpaired) electrons. The Morgan fingerprint density at radius 1 is 1.10 bits per heavy atom. The van der Waals surface area contributed by atoms with Gasteiger partial charge in [-0.3, -0.25) is 30.1 Å². The van der Waals surface area contributed by atoms with Crippen molar-refractivity contribution in [1.82, 2.24) is 15.8 Å². The lowest BCUT2D eigenvalue weighted by Crippen LogP contribution is -2.47. The van der Waals surface area contributed by atoms with E-state index in [1.54, 1.807) is 30.4 Å². The first-order valence-corrected chi connectivity index (χ1v) is 10.4. The Labute approximate surface area is 187 Å². The molecule has 0 saturated carbocycles. The summed E-state index contributed by atoms with van der Waals surface area (Å²) in [5.74, 6) is -1.47. The Bertz CT molecular complexity index is 1050. The highest BCUT2D eigenvalue weighted by Gasteiger charge is 2.33. The monoisotopic (exact) mass is 457 g/mol. The lowest BCUT2D eigenvalue weighted by Gasteiger charge is -2.14. The molecule has 1 heterocycles. The number of allylic oxidation sites excluding steroid dienone is 2. The van der Waals surface area contributed by atoms with E-state index >= 15 is 0 Å². The highest BCUT2D eigenvalue weighted by atomic mass is 35.5. The summed E-state index contributed by atoms with van der Waals surface area (Å²) in [6.07, 6.45) is 5.28. The molecular formula is C21H16ClN3O3S2. The number of hydrogen-bond acceptors (Lipinski definition) is 5. The molecule has 9 heteroatoms. The van der Waals surface area contributed by atoms with Crippen molar-refractivity contribution in [3.8, 4) is 0 Å². The molecule has 6 nitrogen and oxygen atoms in total. The zero-order chi connectivity index (χ0) is 21.5. The minimum atomic E-state index is -0.581. The van der Waals surface area contributed by atoms with E-state index in [4.69, 9.17) is 23.8 Å². The molecule has 1 aliphatic rings. The Balaban J connectivity index is 1.54. The predicted molar refractivity (Wildman–Crippen MR) is 123 cm³/mol. The van der Waals surface area contributed by atoms with Crippen molar-refractivity contribution in [3.05, 3.63) is 87.8 Å². The van der Waals surface area contributed by atoms with Gasteiger partial charge in [0, 0.05) is 10.6 Å². The van der Waals surface area contributed by atoms with Gasteiger partial charge in [-0.2, -0.15) is 0 Å². The molecule has 0 spiro atoms. The van der Waals surface area contributed by atoms with Crippen molar-refractivity contribution in [2.75, 3.05) is 6.54 Å². The summed E-state index contributed by atoms with van der Waals surface area (Å²) in [7, 11) is 0. The van der Waals surface area contributed by atoms with Gasteiger partial charge in [0.2, 0.25) is 0 Å². The molecule has 0 aromatic heterocycles. The summed E-state index contributed by atoms with van der Waals surface area (Å²) in [6, 6.07) is 15.9. The van der Waals surface area contributed by atoms with Gasteiger partial charge in [0.25, 0.3) is 17.7 Å². The number of halogens is 1. The topological polar surface area (TPSA) is 78.5 Å². The van der Waals surface area contributed by atoms with Crippen molar-refractivity contribution in [2.24, 2.45) is 0 Å². The maximum absolute atomic E-state index is 12.5. The third-order valence-corrected chi connectivity index (χ3v) is 5.54. The fourth-order valence-corrected chi connectivity index (χ4v) is 3.87. The summed E-state index contributed by atoms with van der Waals surface area (Å²) < 4.78 is 0.274. The molecule has 3 rings (SSSR count). The second kappa shape index (κ2) is 10.2. The molecule has 1 aliphatic heterocycles. The molecule has 152 valence electrons. The zero-order valence-electron chi connectivity index (χ0n) is 15.5. The van der Waals surface area contributed by atoms with Gasteiger partial charge in [-0.1, -0.05) is 84.1 Å². The molecule has 0 aliphatic carbocycles. The van der Waals surface area contributed by atoms with E-state index in [0.29, 0.717) is 15.5 Å². The second-order valence-electron chi connectivity index (χ2n) is 6.07. The highest BCUT2D eigenvalue weighted by Crippen LogP contribution is 2.30. The minimum absolute atomic E-state index is 0.274. The fraction of sp³-hybridized carbons (Fsp3) is 0.0476. The molecule has 2 aromatic rings. The first-order valence-electron chi connectivity index (χ1n) is 8.76. The first-order chi connectivity index (χ1) is 14.4. The third kappa shape index (κ3) is 5.79. The SMILES string of the molecule is O=C(CN1C(=O)/C(=C/C=C/c2ccccc2)SC1=S)NNC(=O)c1cccc(Cl)c1. The smallest absolute Gasteiger partial charge is 0.269 e. The molecule has 3 amide bonds. The Hall–Kier alpha value is -2.94. The molecule has 0 bridgehead atoms. The van der Waals surface area contributed by atoms with Crippen LogP contribution >= 0.6 is 35.6 Å². The molecule has 1 saturated heterocycles. The fourth-order valence-electron chi connectivity index (χ4n) is 2.47. The molecule has 30 heavy (non-hydrogen) atoms. The Morgan fingerprint density at radius 2 is 1.87 bits per heavy atom. The van der Waals surface area contributed by atoms with E-state index in [0.717, 1.165) is 17.3 Å². The number of benzene rings is 2. The summed E-state index contributed by atoms with van der Waals surface area (Å²) in [5.41, 5.74) is 5.84. The maximum Gasteiger partial charge on any atom is 0.269 e. The molecule has 0 atom stereocenters. The number of nitrogens with zero attached hydrogens (tertiary/aromatic N) is 1. The lowest BCUT2D eigenvalue weighted by atomic mass is 10.2. The van der Waals surface area contributed by atoms with Gasteiger partial charge in [0.05, 0.1) is 4.91 Å². The van der Waals surface area contributed by atoms with Crippen molar-refractivity contribution in [2.45, 2.75) is 0 Å². The maximum atomic E-state index is 12.5. The van der Waals surface area contributed by atoms with Gasteiger partial charge in [-0.15, -0.1) is 0 Å². The summed E-state index contributed by atoms with van der Waals surface area (Å²) in [4.78, 5) is 38.3. The number of thiocarbonyl (C=S) groups is 1. The van der Waals surface area contributed by atoms with Crippen LogP contribution in [0.4, 0.5) is 0 Å². The van der Waals surface area contributed by atoms with Crippen LogP contribution < -0.4 is 10.9 Å². The molecular weight excluding hydrogens is 442 g/mol. The van der Waals surface area contributed by atoms with Gasteiger partial charge >= 0.3 is 0 Å². The molecule has 2 N–H and O–H groups in total. The molecule has 1 fully saturated rings. The first kappa shape index (κ1) is 21.8. The largest absolute Gasteiger partial charge is 0.283 e. The van der Waals surface area contributed by atoms with Crippen molar-refractivity contribution < 1.29 is 14.4 Å². The van der Waals surface area contributed by atoms with Crippen LogP contribution in [0.5, 0.6) is 0 Å². The van der Waals surface area contributed by atoms with E-state index < -0.39 is 11.8 Å². The number of nitrogens with one attached hydrogen (secondary N) is 2. The molecule has 2 aromatic carbocycles. The van der Waals surface area contributed by atoms with E-state index in [2.05, 4.69) is 10.9 Å². The minimum Gasteiger partial charge on any atom is -0.283 e. The van der Waals surface area contributed by atoms with Crippen LogP contribution in [0.15, 0.2) is 71.7 Å². The van der Waals surface area contributed by atoms with Crippen molar-refractivity contribution in [3.63, 3.8) is 0 Å². The second-order valence-corrected chi connectivity index (χ2v) is 8.18. The number of carbonyl (C=O) groups is 3. The third-order valence-electron chi connectivity index (χ3n) is 3.91. The normalized spacial score (nSPS) is 15.1. The van der Waals surface area contributed by atoms with Crippen molar-refractivity contribution >= 4 is 63.7 Å². The van der Waals surface area contributed by atoms with E-state index in [-0.39, 0.29) is 16.8 Å². The standard InChI is InChI=1S/C21H16ClN3O3S2/c22-16-10-5-9-15(12-16)19(27)24-23-18(26)13-25-20(28)17(30-21(25)29)11-4-8-14-6-2-1-3-7-14/h1-12H,13H2,(H,23,26)(H,24,27)/b8-4+,17-11-. The van der Waals surface area contributed by atoms with E-state index in [9.17, 15) is 14.4 Å². The van der Waals surface area contributed by atoms with E-state index in [1.165, 1.54) is 11.0 Å². The van der Waals surface area contributed by atoms with Gasteiger partial charge in [0.15, 0.2) is 0 Å². The van der Waals surface area contributed by atoms with Gasteiger partial charge in [-0.05, 0) is 29.8 Å². The number of rotatable bonds is 5. The van der Waals surface area contributed by atoms with Gasteiger partial charge < -0.3 is 0 Å². The zero-order valence-corrected chi connectivity index (χ0v) is 17.9. The van der Waals surface area contributed by atoms with Crippen LogP contribution in [0.2, 0.25) is 5.02 Å². The summed E-state index contributed by atoms with van der Waals surface area (Å²) >= 11 is 12.2. The number of amides is 3. The lowest BCUT2D eigenvalue weighted by molar-refractivity contribution is -0.129. The van der Waals surface area contributed by atoms with Gasteiger partial charge in [-0.25, -0.2) is 0 Å². The van der Waals surface area contributed by atoms with Crippen LogP contribution in [0, 0.1) is 0 Å². The van der Waals surface area contributed by atoms with Gasteiger partial charge in [0.1, 0.15) is 10.9 Å². The van der Waals surface area contributed by atoms with Crippen LogP contribution in [-0.4, -0.2) is 33.5 Å². The average Bonchev–Trinajstić information content (AvgIpc) is 3.00. The quantitative estimate of drug-likeness (QED) is 0.408. The van der Waals surface area contributed by atoms with Crippen LogP contribution in [0.1, 0.15) is 15.9 Å². The Morgan fingerprint density at radius 3 is 2.60 bits per heavy atom. The van der Waals surface area contributed by atoms with Crippen LogP contribution in [-0.2, 0) is 9.59 Å². The summed E-state index contributed by atoms with van der Waals surface area (Å²) in [5, 5.41) is 0.402. The predicted octanol–water partition coefficient (Wildman–Crippen LogP) is 3.56.